The van der Waals surface area contributed by atoms with Crippen LogP contribution in [-0.2, 0) is 0 Å². The van der Waals surface area contributed by atoms with Crippen molar-refractivity contribution in [3.8, 4) is 5.75 Å². The maximum atomic E-state index is 5.67. The lowest BCUT2D eigenvalue weighted by molar-refractivity contribution is 0.393. The van der Waals surface area contributed by atoms with Crippen LogP contribution < -0.4 is 15.4 Å². The smallest absolute Gasteiger partial charge is 0.127 e. The maximum Gasteiger partial charge on any atom is 0.127 e. The van der Waals surface area contributed by atoms with E-state index in [9.17, 15) is 0 Å². The van der Waals surface area contributed by atoms with Gasteiger partial charge in [-0.3, -0.25) is 0 Å². The van der Waals surface area contributed by atoms with Gasteiger partial charge < -0.3 is 15.4 Å². The van der Waals surface area contributed by atoms with Crippen LogP contribution in [0.5, 0.6) is 5.75 Å². The van der Waals surface area contributed by atoms with Crippen molar-refractivity contribution >= 4 is 15.9 Å². The second-order valence-electron chi connectivity index (χ2n) is 4.87. The normalized spacial score (nSPS) is 12.6. The van der Waals surface area contributed by atoms with Crippen LogP contribution in [0.2, 0.25) is 0 Å². The largest absolute Gasteiger partial charge is 0.496 e. The number of benzene rings is 1. The summed E-state index contributed by atoms with van der Waals surface area (Å²) in [5.74, 6) is 1.01. The summed E-state index contributed by atoms with van der Waals surface area (Å²) in [6, 6.07) is 0.290. The van der Waals surface area contributed by atoms with E-state index < -0.39 is 0 Å². The molecule has 3 nitrogen and oxygen atoms in total. The Morgan fingerprint density at radius 2 is 1.74 bits per heavy atom. The third-order valence-electron chi connectivity index (χ3n) is 3.79. The fourth-order valence-electron chi connectivity index (χ4n) is 2.51. The molecule has 0 heterocycles. The molecule has 0 bridgehead atoms. The fraction of sp³-hybridized carbons (Fsp3) is 0.600. The van der Waals surface area contributed by atoms with Gasteiger partial charge in [0.15, 0.2) is 0 Å². The van der Waals surface area contributed by atoms with Gasteiger partial charge in [-0.05, 0) is 64.5 Å². The Balaban J connectivity index is 3.38. The molecule has 1 atom stereocenters. The average Bonchev–Trinajstić information content (AvgIpc) is 2.42. The highest BCUT2D eigenvalue weighted by molar-refractivity contribution is 9.10. The van der Waals surface area contributed by atoms with E-state index in [1.54, 1.807) is 7.11 Å². The zero-order valence-corrected chi connectivity index (χ0v) is 14.4. The van der Waals surface area contributed by atoms with E-state index in [-0.39, 0.29) is 6.04 Å². The molecule has 0 amide bonds. The molecule has 0 aliphatic rings. The summed E-state index contributed by atoms with van der Waals surface area (Å²) >= 11 is 3.71. The van der Waals surface area contributed by atoms with E-state index in [1.165, 1.54) is 26.7 Å². The van der Waals surface area contributed by atoms with Gasteiger partial charge in [-0.2, -0.15) is 0 Å². The van der Waals surface area contributed by atoms with E-state index in [1.807, 2.05) is 14.1 Å². The average molecular weight is 329 g/mol. The number of methoxy groups -OCH3 is 1. The number of ether oxygens (including phenoxy) is 1. The molecule has 1 aromatic carbocycles. The summed E-state index contributed by atoms with van der Waals surface area (Å²) in [4.78, 5) is 0. The Labute approximate surface area is 125 Å². The lowest BCUT2D eigenvalue weighted by atomic mass is 9.92. The summed E-state index contributed by atoms with van der Waals surface area (Å²) < 4.78 is 6.86. The summed E-state index contributed by atoms with van der Waals surface area (Å²) in [6.45, 7) is 7.37. The Morgan fingerprint density at radius 1 is 1.11 bits per heavy atom. The zero-order chi connectivity index (χ0) is 14.6. The first-order valence-electron chi connectivity index (χ1n) is 6.64. The van der Waals surface area contributed by atoms with Crippen LogP contribution in [0.4, 0.5) is 0 Å². The van der Waals surface area contributed by atoms with E-state index in [2.05, 4.69) is 47.3 Å². The van der Waals surface area contributed by atoms with Crippen LogP contribution in [0.1, 0.15) is 34.7 Å². The molecule has 0 aliphatic carbocycles. The van der Waals surface area contributed by atoms with Crippen LogP contribution in [0.15, 0.2) is 4.47 Å². The lowest BCUT2D eigenvalue weighted by Crippen LogP contribution is -2.23. The number of hydrogen-bond donors (Lipinski definition) is 2. The van der Waals surface area contributed by atoms with E-state index >= 15 is 0 Å². The third kappa shape index (κ3) is 3.30. The van der Waals surface area contributed by atoms with Crippen molar-refractivity contribution in [3.05, 3.63) is 26.7 Å². The van der Waals surface area contributed by atoms with Gasteiger partial charge in [0.1, 0.15) is 5.75 Å². The summed E-state index contributed by atoms with van der Waals surface area (Å²) in [6.07, 6.45) is 1.03. The van der Waals surface area contributed by atoms with Crippen molar-refractivity contribution in [3.63, 3.8) is 0 Å². The van der Waals surface area contributed by atoms with Gasteiger partial charge in [0, 0.05) is 16.1 Å². The first-order valence-corrected chi connectivity index (χ1v) is 7.43. The molecular weight excluding hydrogens is 304 g/mol. The molecule has 2 N–H and O–H groups in total. The van der Waals surface area contributed by atoms with Crippen LogP contribution in [0.3, 0.4) is 0 Å². The second-order valence-corrected chi connectivity index (χ2v) is 5.66. The molecule has 108 valence electrons. The van der Waals surface area contributed by atoms with E-state index in [0.717, 1.165) is 18.7 Å². The predicted octanol–water partition coefficient (Wildman–Crippen LogP) is 3.25. The molecule has 0 fully saturated rings. The standard InChI is InChI=1S/C15H25BrN2O/c1-9-10(2)15(19-6)13(11(3)14(9)16)12(18-5)7-8-17-4/h12,17-18H,7-8H2,1-6H3. The Hall–Kier alpha value is -0.580. The second kappa shape index (κ2) is 7.27. The molecule has 0 saturated heterocycles. The number of hydrogen-bond acceptors (Lipinski definition) is 3. The van der Waals surface area contributed by atoms with Gasteiger partial charge in [0.25, 0.3) is 0 Å². The number of halogens is 1. The molecule has 1 rings (SSSR count). The van der Waals surface area contributed by atoms with Gasteiger partial charge in [-0.15, -0.1) is 0 Å². The van der Waals surface area contributed by atoms with Crippen molar-refractivity contribution < 1.29 is 4.74 Å². The van der Waals surface area contributed by atoms with Gasteiger partial charge >= 0.3 is 0 Å². The molecule has 1 unspecified atom stereocenters. The molecule has 0 radical (unpaired) electrons. The highest BCUT2D eigenvalue weighted by Crippen LogP contribution is 2.39. The lowest BCUT2D eigenvalue weighted by Gasteiger charge is -2.25. The highest BCUT2D eigenvalue weighted by Gasteiger charge is 2.22. The minimum absolute atomic E-state index is 0.290. The first kappa shape index (κ1) is 16.5. The highest BCUT2D eigenvalue weighted by atomic mass is 79.9. The first-order chi connectivity index (χ1) is 8.99. The van der Waals surface area contributed by atoms with Crippen LogP contribution in [0, 0.1) is 20.8 Å². The van der Waals surface area contributed by atoms with Crippen LogP contribution >= 0.6 is 15.9 Å². The Morgan fingerprint density at radius 3 is 2.21 bits per heavy atom. The van der Waals surface area contributed by atoms with Crippen molar-refractivity contribution in [2.45, 2.75) is 33.2 Å². The quantitative estimate of drug-likeness (QED) is 0.840. The van der Waals surface area contributed by atoms with E-state index in [4.69, 9.17) is 4.74 Å². The van der Waals surface area contributed by atoms with Gasteiger partial charge in [-0.1, -0.05) is 15.9 Å². The topological polar surface area (TPSA) is 33.3 Å². The van der Waals surface area contributed by atoms with Crippen LogP contribution in [0.25, 0.3) is 0 Å². The molecule has 0 spiro atoms. The maximum absolute atomic E-state index is 5.67. The van der Waals surface area contributed by atoms with E-state index in [0.29, 0.717) is 0 Å². The fourth-order valence-corrected chi connectivity index (χ4v) is 3.02. The van der Waals surface area contributed by atoms with Crippen molar-refractivity contribution in [1.82, 2.24) is 10.6 Å². The summed E-state index contributed by atoms with van der Waals surface area (Å²) in [5, 5.41) is 6.61. The van der Waals surface area contributed by atoms with Gasteiger partial charge in [-0.25, -0.2) is 0 Å². The Kier molecular flexibility index (Phi) is 6.30. The third-order valence-corrected chi connectivity index (χ3v) is 4.98. The van der Waals surface area contributed by atoms with Crippen LogP contribution in [-0.4, -0.2) is 27.7 Å². The zero-order valence-electron chi connectivity index (χ0n) is 12.8. The molecule has 19 heavy (non-hydrogen) atoms. The summed E-state index contributed by atoms with van der Waals surface area (Å²) in [5.41, 5.74) is 4.98. The van der Waals surface area contributed by atoms with Crippen molar-refractivity contribution in [1.29, 1.82) is 0 Å². The minimum atomic E-state index is 0.290. The number of rotatable bonds is 6. The number of nitrogens with one attached hydrogen (secondary N) is 2. The predicted molar refractivity (Wildman–Crippen MR) is 85.2 cm³/mol. The van der Waals surface area contributed by atoms with Crippen molar-refractivity contribution in [2.24, 2.45) is 0 Å². The van der Waals surface area contributed by atoms with Crippen molar-refractivity contribution in [2.75, 3.05) is 27.7 Å². The Bertz CT molecular complexity index is 447. The molecule has 1 aromatic rings. The molecule has 0 aliphatic heterocycles. The summed E-state index contributed by atoms with van der Waals surface area (Å²) in [7, 11) is 5.73. The minimum Gasteiger partial charge on any atom is -0.496 e. The molecular formula is C15H25BrN2O. The molecule has 0 saturated carbocycles. The molecule has 4 heteroatoms. The van der Waals surface area contributed by atoms with Gasteiger partial charge in [0.05, 0.1) is 7.11 Å². The molecule has 0 aromatic heterocycles. The SMILES string of the molecule is CNCCC(NC)c1c(C)c(Br)c(C)c(C)c1OC. The monoisotopic (exact) mass is 328 g/mol. The van der Waals surface area contributed by atoms with Gasteiger partial charge in [0.2, 0.25) is 0 Å².